The standard InChI is InChI=1S/C14H17NO2/c16-14(11-5-7-17-9-11)13-3-1-2-10-8-15-6-4-12(10)13/h1-3,11,15H,4-9H2. The van der Waals surface area contributed by atoms with E-state index in [1.807, 2.05) is 12.1 Å². The molecule has 1 fully saturated rings. The fourth-order valence-corrected chi connectivity index (χ4v) is 2.72. The molecule has 17 heavy (non-hydrogen) atoms. The van der Waals surface area contributed by atoms with Crippen LogP contribution in [-0.2, 0) is 17.7 Å². The number of hydrogen-bond acceptors (Lipinski definition) is 3. The SMILES string of the molecule is O=C(c1cccc2c1CCNC2)C1CCOC1. The number of benzene rings is 1. The summed E-state index contributed by atoms with van der Waals surface area (Å²) in [4.78, 5) is 12.4. The van der Waals surface area contributed by atoms with Crippen molar-refractivity contribution in [2.45, 2.75) is 19.4 Å². The van der Waals surface area contributed by atoms with Gasteiger partial charge in [0, 0.05) is 24.6 Å². The Balaban J connectivity index is 1.94. The van der Waals surface area contributed by atoms with Crippen molar-refractivity contribution in [1.29, 1.82) is 0 Å². The Bertz CT molecular complexity index is 436. The van der Waals surface area contributed by atoms with E-state index in [0.29, 0.717) is 6.61 Å². The van der Waals surface area contributed by atoms with Crippen LogP contribution in [0.25, 0.3) is 0 Å². The van der Waals surface area contributed by atoms with Crippen LogP contribution in [0.15, 0.2) is 18.2 Å². The largest absolute Gasteiger partial charge is 0.381 e. The van der Waals surface area contributed by atoms with Gasteiger partial charge >= 0.3 is 0 Å². The Morgan fingerprint density at radius 3 is 3.18 bits per heavy atom. The van der Waals surface area contributed by atoms with Crippen molar-refractivity contribution in [1.82, 2.24) is 5.32 Å². The maximum absolute atomic E-state index is 12.4. The van der Waals surface area contributed by atoms with Gasteiger partial charge < -0.3 is 10.1 Å². The summed E-state index contributed by atoms with van der Waals surface area (Å²) in [6.45, 7) is 3.18. The summed E-state index contributed by atoms with van der Waals surface area (Å²) < 4.78 is 5.31. The van der Waals surface area contributed by atoms with E-state index in [-0.39, 0.29) is 11.7 Å². The van der Waals surface area contributed by atoms with Crippen molar-refractivity contribution >= 4 is 5.78 Å². The van der Waals surface area contributed by atoms with Crippen molar-refractivity contribution in [3.8, 4) is 0 Å². The van der Waals surface area contributed by atoms with Crippen LogP contribution in [0.4, 0.5) is 0 Å². The van der Waals surface area contributed by atoms with E-state index in [0.717, 1.165) is 38.1 Å². The van der Waals surface area contributed by atoms with Crippen LogP contribution < -0.4 is 5.32 Å². The molecule has 1 saturated heterocycles. The molecule has 0 bridgehead atoms. The second-order valence-corrected chi connectivity index (χ2v) is 4.79. The molecule has 2 aliphatic rings. The molecule has 0 aliphatic carbocycles. The predicted molar refractivity (Wildman–Crippen MR) is 65.1 cm³/mol. The first-order chi connectivity index (χ1) is 8.36. The van der Waals surface area contributed by atoms with E-state index >= 15 is 0 Å². The molecule has 2 heterocycles. The van der Waals surface area contributed by atoms with E-state index in [1.54, 1.807) is 0 Å². The molecule has 0 saturated carbocycles. The number of ketones is 1. The Kier molecular flexibility index (Phi) is 2.95. The number of carbonyl (C=O) groups excluding carboxylic acids is 1. The number of fused-ring (bicyclic) bond motifs is 1. The highest BCUT2D eigenvalue weighted by Gasteiger charge is 2.27. The Hall–Kier alpha value is -1.19. The highest BCUT2D eigenvalue weighted by molar-refractivity contribution is 5.99. The summed E-state index contributed by atoms with van der Waals surface area (Å²) in [5.41, 5.74) is 3.46. The summed E-state index contributed by atoms with van der Waals surface area (Å²) in [7, 11) is 0. The second-order valence-electron chi connectivity index (χ2n) is 4.79. The van der Waals surface area contributed by atoms with E-state index in [2.05, 4.69) is 11.4 Å². The zero-order valence-corrected chi connectivity index (χ0v) is 9.87. The third kappa shape index (κ3) is 2.01. The van der Waals surface area contributed by atoms with Crippen LogP contribution in [0.5, 0.6) is 0 Å². The third-order valence-corrected chi connectivity index (χ3v) is 3.71. The molecule has 2 aliphatic heterocycles. The summed E-state index contributed by atoms with van der Waals surface area (Å²) in [6, 6.07) is 6.09. The first kappa shape index (κ1) is 10.9. The molecular formula is C14H17NO2. The lowest BCUT2D eigenvalue weighted by atomic mass is 9.88. The molecule has 1 N–H and O–H groups in total. The molecular weight excluding hydrogens is 214 g/mol. The Labute approximate surface area is 101 Å². The van der Waals surface area contributed by atoms with Crippen LogP contribution in [0.3, 0.4) is 0 Å². The summed E-state index contributed by atoms with van der Waals surface area (Å²) in [5.74, 6) is 0.359. The highest BCUT2D eigenvalue weighted by atomic mass is 16.5. The van der Waals surface area contributed by atoms with Crippen molar-refractivity contribution in [3.63, 3.8) is 0 Å². The normalized spacial score (nSPS) is 23.4. The first-order valence-electron chi connectivity index (χ1n) is 6.29. The van der Waals surface area contributed by atoms with Crippen LogP contribution in [0.2, 0.25) is 0 Å². The number of hydrogen-bond donors (Lipinski definition) is 1. The number of rotatable bonds is 2. The fourth-order valence-electron chi connectivity index (χ4n) is 2.72. The molecule has 1 unspecified atom stereocenters. The fraction of sp³-hybridized carbons (Fsp3) is 0.500. The van der Waals surface area contributed by atoms with Crippen LogP contribution >= 0.6 is 0 Å². The maximum atomic E-state index is 12.4. The Morgan fingerprint density at radius 1 is 1.41 bits per heavy atom. The quantitative estimate of drug-likeness (QED) is 0.785. The molecule has 0 spiro atoms. The van der Waals surface area contributed by atoms with Gasteiger partial charge in [0.25, 0.3) is 0 Å². The minimum atomic E-state index is 0.0800. The van der Waals surface area contributed by atoms with E-state index < -0.39 is 0 Å². The van der Waals surface area contributed by atoms with Crippen LogP contribution in [0.1, 0.15) is 27.9 Å². The van der Waals surface area contributed by atoms with Gasteiger partial charge in [-0.05, 0) is 30.5 Å². The monoisotopic (exact) mass is 231 g/mol. The first-order valence-corrected chi connectivity index (χ1v) is 6.29. The minimum Gasteiger partial charge on any atom is -0.381 e. The number of nitrogens with one attached hydrogen (secondary N) is 1. The molecule has 90 valence electrons. The summed E-state index contributed by atoms with van der Waals surface area (Å²) in [5, 5.41) is 3.34. The van der Waals surface area contributed by atoms with Gasteiger partial charge in [-0.15, -0.1) is 0 Å². The number of ether oxygens (including phenoxy) is 1. The zero-order chi connectivity index (χ0) is 11.7. The van der Waals surface area contributed by atoms with Gasteiger partial charge in [0.15, 0.2) is 5.78 Å². The van der Waals surface area contributed by atoms with Crippen molar-refractivity contribution in [3.05, 3.63) is 34.9 Å². The maximum Gasteiger partial charge on any atom is 0.168 e. The van der Waals surface area contributed by atoms with Gasteiger partial charge in [0.1, 0.15) is 0 Å². The van der Waals surface area contributed by atoms with Crippen LogP contribution in [-0.4, -0.2) is 25.5 Å². The molecule has 1 aromatic carbocycles. The molecule has 3 heteroatoms. The highest BCUT2D eigenvalue weighted by Crippen LogP contribution is 2.24. The molecule has 1 aromatic rings. The Morgan fingerprint density at radius 2 is 2.35 bits per heavy atom. The molecule has 1 atom stereocenters. The topological polar surface area (TPSA) is 38.3 Å². The molecule has 0 radical (unpaired) electrons. The van der Waals surface area contributed by atoms with E-state index in [1.165, 1.54) is 11.1 Å². The van der Waals surface area contributed by atoms with Crippen molar-refractivity contribution < 1.29 is 9.53 Å². The van der Waals surface area contributed by atoms with Crippen molar-refractivity contribution in [2.24, 2.45) is 5.92 Å². The van der Waals surface area contributed by atoms with Gasteiger partial charge in [-0.25, -0.2) is 0 Å². The van der Waals surface area contributed by atoms with E-state index in [4.69, 9.17) is 4.74 Å². The van der Waals surface area contributed by atoms with Crippen molar-refractivity contribution in [2.75, 3.05) is 19.8 Å². The van der Waals surface area contributed by atoms with Gasteiger partial charge in [-0.2, -0.15) is 0 Å². The summed E-state index contributed by atoms with van der Waals surface area (Å²) >= 11 is 0. The summed E-state index contributed by atoms with van der Waals surface area (Å²) in [6.07, 6.45) is 1.84. The average molecular weight is 231 g/mol. The minimum absolute atomic E-state index is 0.0800. The number of carbonyl (C=O) groups is 1. The molecule has 3 rings (SSSR count). The van der Waals surface area contributed by atoms with Gasteiger partial charge in [0.05, 0.1) is 6.61 Å². The number of Topliss-reactive ketones (excluding diaryl/α,β-unsaturated/α-hetero) is 1. The lowest BCUT2D eigenvalue weighted by Crippen LogP contribution is -2.26. The molecule has 3 nitrogen and oxygen atoms in total. The lowest BCUT2D eigenvalue weighted by Gasteiger charge is -2.20. The average Bonchev–Trinajstić information content (AvgIpc) is 2.91. The molecule has 0 amide bonds. The lowest BCUT2D eigenvalue weighted by molar-refractivity contribution is 0.0899. The van der Waals surface area contributed by atoms with E-state index in [9.17, 15) is 4.79 Å². The predicted octanol–water partition coefficient (Wildman–Crippen LogP) is 1.55. The third-order valence-electron chi connectivity index (χ3n) is 3.71. The van der Waals surface area contributed by atoms with Gasteiger partial charge in [0.2, 0.25) is 0 Å². The molecule has 0 aromatic heterocycles. The smallest absolute Gasteiger partial charge is 0.168 e. The second kappa shape index (κ2) is 4.59. The van der Waals surface area contributed by atoms with Crippen LogP contribution in [0, 0.1) is 5.92 Å². The van der Waals surface area contributed by atoms with Gasteiger partial charge in [-0.3, -0.25) is 4.79 Å². The van der Waals surface area contributed by atoms with Gasteiger partial charge in [-0.1, -0.05) is 18.2 Å². The zero-order valence-electron chi connectivity index (χ0n) is 9.87.